The van der Waals surface area contributed by atoms with Crippen LogP contribution >= 0.6 is 0 Å². The van der Waals surface area contributed by atoms with Crippen molar-refractivity contribution in [3.05, 3.63) is 53.7 Å². The zero-order valence-electron chi connectivity index (χ0n) is 12.2. The number of benzene rings is 1. The SMILES string of the molecule is CCNC(=NCc1ccon1)N(C)Cc1ccc(F)cc1. The highest BCUT2D eigenvalue weighted by Crippen LogP contribution is 2.06. The molecule has 0 amide bonds. The first-order valence-electron chi connectivity index (χ1n) is 6.82. The van der Waals surface area contributed by atoms with Gasteiger partial charge in [0.05, 0.1) is 6.54 Å². The van der Waals surface area contributed by atoms with Crippen molar-refractivity contribution in [2.45, 2.75) is 20.0 Å². The molecule has 0 unspecified atom stereocenters. The summed E-state index contributed by atoms with van der Waals surface area (Å²) >= 11 is 0. The van der Waals surface area contributed by atoms with Crippen LogP contribution in [0.2, 0.25) is 0 Å². The molecule has 1 heterocycles. The van der Waals surface area contributed by atoms with E-state index in [4.69, 9.17) is 4.52 Å². The van der Waals surface area contributed by atoms with Gasteiger partial charge in [0.1, 0.15) is 17.8 Å². The van der Waals surface area contributed by atoms with Gasteiger partial charge in [0.25, 0.3) is 0 Å². The Bertz CT molecular complexity index is 566. The average Bonchev–Trinajstić information content (AvgIpc) is 2.99. The number of halogens is 1. The second-order valence-electron chi connectivity index (χ2n) is 4.64. The van der Waals surface area contributed by atoms with Crippen LogP contribution in [0, 0.1) is 5.82 Å². The third-order valence-electron chi connectivity index (χ3n) is 2.91. The predicted molar refractivity (Wildman–Crippen MR) is 79.2 cm³/mol. The lowest BCUT2D eigenvalue weighted by Crippen LogP contribution is -2.38. The fourth-order valence-corrected chi connectivity index (χ4v) is 1.88. The molecule has 0 atom stereocenters. The molecule has 2 rings (SSSR count). The van der Waals surface area contributed by atoms with E-state index in [1.807, 2.05) is 18.9 Å². The molecule has 0 aliphatic heterocycles. The Labute approximate surface area is 123 Å². The number of rotatable bonds is 5. The molecule has 0 saturated heterocycles. The van der Waals surface area contributed by atoms with Gasteiger partial charge in [0, 0.05) is 26.2 Å². The van der Waals surface area contributed by atoms with Crippen LogP contribution < -0.4 is 5.32 Å². The van der Waals surface area contributed by atoms with Gasteiger partial charge in [-0.25, -0.2) is 9.38 Å². The van der Waals surface area contributed by atoms with Gasteiger partial charge in [-0.3, -0.25) is 0 Å². The van der Waals surface area contributed by atoms with Gasteiger partial charge in [-0.1, -0.05) is 17.3 Å². The van der Waals surface area contributed by atoms with Crippen LogP contribution in [0.5, 0.6) is 0 Å². The average molecular weight is 290 g/mol. The molecule has 6 heteroatoms. The second-order valence-corrected chi connectivity index (χ2v) is 4.64. The number of hydrogen-bond donors (Lipinski definition) is 1. The molecule has 1 aromatic heterocycles. The summed E-state index contributed by atoms with van der Waals surface area (Å²) in [6, 6.07) is 8.25. The first kappa shape index (κ1) is 15.0. The topological polar surface area (TPSA) is 53.7 Å². The Morgan fingerprint density at radius 3 is 2.71 bits per heavy atom. The Hall–Kier alpha value is -2.37. The van der Waals surface area contributed by atoms with Crippen molar-refractivity contribution < 1.29 is 8.91 Å². The van der Waals surface area contributed by atoms with Gasteiger partial charge >= 0.3 is 0 Å². The third-order valence-corrected chi connectivity index (χ3v) is 2.91. The molecular formula is C15H19FN4O. The Morgan fingerprint density at radius 1 is 1.33 bits per heavy atom. The number of nitrogens with zero attached hydrogens (tertiary/aromatic N) is 3. The normalized spacial score (nSPS) is 11.5. The quantitative estimate of drug-likeness (QED) is 0.678. The minimum Gasteiger partial charge on any atom is -0.364 e. The third kappa shape index (κ3) is 4.59. The van der Waals surface area contributed by atoms with E-state index in [2.05, 4.69) is 15.5 Å². The Kier molecular flexibility index (Phi) is 5.31. The van der Waals surface area contributed by atoms with E-state index in [0.29, 0.717) is 13.1 Å². The standard InChI is InChI=1S/C15H19FN4O/c1-3-17-15(18-10-14-8-9-21-19-14)20(2)11-12-4-6-13(16)7-5-12/h4-9H,3,10-11H2,1-2H3,(H,17,18). The van der Waals surface area contributed by atoms with Crippen LogP contribution in [0.1, 0.15) is 18.2 Å². The van der Waals surface area contributed by atoms with Crippen LogP contribution in [0.4, 0.5) is 4.39 Å². The Balaban J connectivity index is 2.02. The van der Waals surface area contributed by atoms with E-state index >= 15 is 0 Å². The summed E-state index contributed by atoms with van der Waals surface area (Å²) in [6.07, 6.45) is 1.53. The smallest absolute Gasteiger partial charge is 0.194 e. The molecular weight excluding hydrogens is 271 g/mol. The van der Waals surface area contributed by atoms with Crippen LogP contribution in [0.25, 0.3) is 0 Å². The van der Waals surface area contributed by atoms with Crippen LogP contribution in [-0.4, -0.2) is 29.6 Å². The van der Waals surface area contributed by atoms with Crippen molar-refractivity contribution in [2.24, 2.45) is 4.99 Å². The van der Waals surface area contributed by atoms with Gasteiger partial charge < -0.3 is 14.7 Å². The fraction of sp³-hybridized carbons (Fsp3) is 0.333. The summed E-state index contributed by atoms with van der Waals surface area (Å²) in [4.78, 5) is 6.49. The van der Waals surface area contributed by atoms with E-state index in [-0.39, 0.29) is 5.82 Å². The van der Waals surface area contributed by atoms with Gasteiger partial charge in [-0.2, -0.15) is 0 Å². The zero-order chi connectivity index (χ0) is 15.1. The monoisotopic (exact) mass is 290 g/mol. The van der Waals surface area contributed by atoms with Crippen molar-refractivity contribution in [3.63, 3.8) is 0 Å². The first-order chi connectivity index (χ1) is 10.2. The van der Waals surface area contributed by atoms with Crippen LogP contribution in [0.15, 0.2) is 46.1 Å². The van der Waals surface area contributed by atoms with Crippen LogP contribution in [-0.2, 0) is 13.1 Å². The van der Waals surface area contributed by atoms with E-state index < -0.39 is 0 Å². The van der Waals surface area contributed by atoms with E-state index in [1.54, 1.807) is 18.2 Å². The molecule has 112 valence electrons. The maximum absolute atomic E-state index is 12.9. The molecule has 21 heavy (non-hydrogen) atoms. The maximum atomic E-state index is 12.9. The van der Waals surface area contributed by atoms with Crippen molar-refractivity contribution >= 4 is 5.96 Å². The summed E-state index contributed by atoms with van der Waals surface area (Å²) < 4.78 is 17.7. The molecule has 5 nitrogen and oxygen atoms in total. The highest BCUT2D eigenvalue weighted by Gasteiger charge is 2.07. The minimum atomic E-state index is -0.229. The number of aliphatic imine (C=N–C) groups is 1. The molecule has 1 N–H and O–H groups in total. The van der Waals surface area contributed by atoms with Gasteiger partial charge in [-0.15, -0.1) is 0 Å². The highest BCUT2D eigenvalue weighted by atomic mass is 19.1. The first-order valence-corrected chi connectivity index (χ1v) is 6.82. The molecule has 0 fully saturated rings. The fourth-order valence-electron chi connectivity index (χ4n) is 1.88. The summed E-state index contributed by atoms with van der Waals surface area (Å²) in [5.74, 6) is 0.540. The van der Waals surface area contributed by atoms with Crippen molar-refractivity contribution in [3.8, 4) is 0 Å². The van der Waals surface area contributed by atoms with Crippen molar-refractivity contribution in [1.29, 1.82) is 0 Å². The largest absolute Gasteiger partial charge is 0.364 e. The molecule has 0 bridgehead atoms. The lowest BCUT2D eigenvalue weighted by Gasteiger charge is -2.22. The summed E-state index contributed by atoms with van der Waals surface area (Å²) in [5, 5.41) is 7.05. The van der Waals surface area contributed by atoms with Gasteiger partial charge in [0.15, 0.2) is 5.96 Å². The van der Waals surface area contributed by atoms with Gasteiger partial charge in [-0.05, 0) is 24.6 Å². The number of aromatic nitrogens is 1. The highest BCUT2D eigenvalue weighted by molar-refractivity contribution is 5.79. The molecule has 0 saturated carbocycles. The molecule has 1 aromatic carbocycles. The zero-order valence-corrected chi connectivity index (χ0v) is 12.2. The number of nitrogens with one attached hydrogen (secondary N) is 1. The Morgan fingerprint density at radius 2 is 2.10 bits per heavy atom. The molecule has 0 radical (unpaired) electrons. The van der Waals surface area contributed by atoms with E-state index in [1.165, 1.54) is 18.4 Å². The molecule has 0 spiro atoms. The molecule has 0 aliphatic rings. The summed E-state index contributed by atoms with van der Waals surface area (Å²) in [5.41, 5.74) is 1.80. The van der Waals surface area contributed by atoms with Crippen LogP contribution in [0.3, 0.4) is 0 Å². The van der Waals surface area contributed by atoms with Gasteiger partial charge in [0.2, 0.25) is 0 Å². The lowest BCUT2D eigenvalue weighted by atomic mass is 10.2. The predicted octanol–water partition coefficient (Wildman–Crippen LogP) is 2.41. The second kappa shape index (κ2) is 7.42. The van der Waals surface area contributed by atoms with E-state index in [0.717, 1.165) is 23.8 Å². The van der Waals surface area contributed by atoms with Crippen molar-refractivity contribution in [1.82, 2.24) is 15.4 Å². The molecule has 0 aliphatic carbocycles. The maximum Gasteiger partial charge on any atom is 0.194 e. The minimum absolute atomic E-state index is 0.229. The summed E-state index contributed by atoms with van der Waals surface area (Å²) in [7, 11) is 1.94. The molecule has 2 aromatic rings. The number of hydrogen-bond acceptors (Lipinski definition) is 3. The summed E-state index contributed by atoms with van der Waals surface area (Å²) in [6.45, 7) is 3.88. The number of guanidine groups is 1. The van der Waals surface area contributed by atoms with E-state index in [9.17, 15) is 4.39 Å². The lowest BCUT2D eigenvalue weighted by molar-refractivity contribution is 0.411. The van der Waals surface area contributed by atoms with Crippen molar-refractivity contribution in [2.75, 3.05) is 13.6 Å².